The minimum absolute atomic E-state index is 0.120. The van der Waals surface area contributed by atoms with E-state index in [9.17, 15) is 9.90 Å². The molecule has 0 spiro atoms. The van der Waals surface area contributed by atoms with Crippen molar-refractivity contribution in [1.29, 1.82) is 0 Å². The van der Waals surface area contributed by atoms with Gasteiger partial charge < -0.3 is 14.2 Å². The van der Waals surface area contributed by atoms with Crippen molar-refractivity contribution in [2.45, 2.75) is 51.8 Å². The fraction of sp³-hybridized carbons (Fsp3) is 0.391. The van der Waals surface area contributed by atoms with Crippen LogP contribution in [0, 0.1) is 5.41 Å². The average Bonchev–Trinajstić information content (AvgIpc) is 3.14. The van der Waals surface area contributed by atoms with Gasteiger partial charge in [-0.15, -0.1) is 0 Å². The highest BCUT2D eigenvalue weighted by Gasteiger charge is 2.45. The highest BCUT2D eigenvalue weighted by molar-refractivity contribution is 6.42. The van der Waals surface area contributed by atoms with Crippen LogP contribution in [0.25, 0.3) is 5.65 Å². The van der Waals surface area contributed by atoms with Crippen LogP contribution in [0.2, 0.25) is 10.0 Å². The lowest BCUT2D eigenvalue weighted by Crippen LogP contribution is -2.54. The second-order valence-electron chi connectivity index (χ2n) is 9.00. The summed E-state index contributed by atoms with van der Waals surface area (Å²) in [6, 6.07) is 8.62. The molecule has 1 aromatic carbocycles. The number of ether oxygens (including phenoxy) is 1. The molecule has 31 heavy (non-hydrogen) atoms. The number of carbonyl (C=O) groups is 1. The lowest BCUT2D eigenvalue weighted by Gasteiger charge is -2.48. The molecular weight excluding hydrogens is 437 g/mol. The number of halogens is 2. The summed E-state index contributed by atoms with van der Waals surface area (Å²) < 4.78 is 7.92. The van der Waals surface area contributed by atoms with Crippen molar-refractivity contribution in [3.05, 3.63) is 64.5 Å². The highest BCUT2D eigenvalue weighted by Crippen LogP contribution is 2.45. The summed E-state index contributed by atoms with van der Waals surface area (Å²) in [5, 5.41) is 11.0. The number of nitrogens with zero attached hydrogens (tertiary/aromatic N) is 3. The van der Waals surface area contributed by atoms with Gasteiger partial charge in [0, 0.05) is 43.0 Å². The van der Waals surface area contributed by atoms with Gasteiger partial charge in [0.25, 0.3) is 0 Å². The molecule has 8 heteroatoms. The minimum Gasteiger partial charge on any atom is -0.489 e. The van der Waals surface area contributed by atoms with Crippen molar-refractivity contribution in [3.63, 3.8) is 0 Å². The van der Waals surface area contributed by atoms with Crippen molar-refractivity contribution >= 4 is 34.9 Å². The lowest BCUT2D eigenvalue weighted by molar-refractivity contribution is -0.0196. The Labute approximate surface area is 191 Å². The molecule has 1 unspecified atom stereocenters. The molecule has 1 aliphatic rings. The fourth-order valence-corrected chi connectivity index (χ4v) is 4.65. The zero-order valence-electron chi connectivity index (χ0n) is 17.6. The van der Waals surface area contributed by atoms with Crippen molar-refractivity contribution in [2.24, 2.45) is 5.41 Å². The molecule has 3 aromatic rings. The maximum atomic E-state index is 12.5. The predicted octanol–water partition coefficient (Wildman–Crippen LogP) is 6.32. The zero-order chi connectivity index (χ0) is 22.3. The molecule has 1 N–H and O–H groups in total. The zero-order valence-corrected chi connectivity index (χ0v) is 19.1. The van der Waals surface area contributed by atoms with E-state index in [0.29, 0.717) is 28.6 Å². The first kappa shape index (κ1) is 21.8. The number of hydrogen-bond acceptors (Lipinski definition) is 3. The number of imidazole rings is 1. The van der Waals surface area contributed by atoms with Gasteiger partial charge >= 0.3 is 6.09 Å². The molecule has 0 radical (unpaired) electrons. The Balaban J connectivity index is 1.60. The highest BCUT2D eigenvalue weighted by atomic mass is 35.5. The number of pyridine rings is 1. The number of rotatable bonds is 5. The number of fused-ring (bicyclic) bond motifs is 1. The summed E-state index contributed by atoms with van der Waals surface area (Å²) in [5.41, 5.74) is 1.32. The summed E-state index contributed by atoms with van der Waals surface area (Å²) in [6.45, 7) is 6.16. The van der Waals surface area contributed by atoms with Gasteiger partial charge in [0.1, 0.15) is 22.5 Å². The minimum atomic E-state index is -0.947. The molecule has 1 saturated carbocycles. The smallest absolute Gasteiger partial charge is 0.408 e. The number of aromatic nitrogens is 2. The van der Waals surface area contributed by atoms with Crippen LogP contribution in [0.4, 0.5) is 4.79 Å². The third kappa shape index (κ3) is 4.19. The van der Waals surface area contributed by atoms with Gasteiger partial charge in [-0.3, -0.25) is 4.90 Å². The summed E-state index contributed by atoms with van der Waals surface area (Å²) in [5.74, 6) is 0.522. The normalized spacial score (nSPS) is 19.6. The SMILES string of the molecule is CC(C)(C)C(c1cccn2ccnc12)N(C(=O)O)[C@H]1C[C@H](Oc2cccc(Cl)c2Cl)C1. The van der Waals surface area contributed by atoms with Gasteiger partial charge in [0.05, 0.1) is 11.1 Å². The Hall–Kier alpha value is -2.44. The van der Waals surface area contributed by atoms with E-state index in [-0.39, 0.29) is 23.6 Å². The first-order chi connectivity index (χ1) is 14.7. The first-order valence-electron chi connectivity index (χ1n) is 10.2. The molecule has 2 aromatic heterocycles. The second kappa shape index (κ2) is 8.24. The van der Waals surface area contributed by atoms with Gasteiger partial charge in [0.15, 0.2) is 0 Å². The Morgan fingerprint density at radius 3 is 2.65 bits per heavy atom. The van der Waals surface area contributed by atoms with Crippen LogP contribution in [0.3, 0.4) is 0 Å². The van der Waals surface area contributed by atoms with Crippen LogP contribution in [0.1, 0.15) is 45.2 Å². The third-order valence-electron chi connectivity index (χ3n) is 5.74. The number of carboxylic acid groups (broad SMARTS) is 1. The van der Waals surface area contributed by atoms with E-state index in [4.69, 9.17) is 27.9 Å². The van der Waals surface area contributed by atoms with Crippen molar-refractivity contribution in [1.82, 2.24) is 14.3 Å². The van der Waals surface area contributed by atoms with Gasteiger partial charge in [-0.1, -0.05) is 56.1 Å². The number of hydrogen-bond donors (Lipinski definition) is 1. The molecule has 164 valence electrons. The van der Waals surface area contributed by atoms with Crippen LogP contribution in [-0.2, 0) is 0 Å². The maximum Gasteiger partial charge on any atom is 0.408 e. The van der Waals surface area contributed by atoms with E-state index in [1.165, 1.54) is 0 Å². The van der Waals surface area contributed by atoms with Crippen molar-refractivity contribution in [3.8, 4) is 5.75 Å². The summed E-state index contributed by atoms with van der Waals surface area (Å²) in [7, 11) is 0. The molecule has 1 amide bonds. The van der Waals surface area contributed by atoms with Crippen molar-refractivity contribution in [2.75, 3.05) is 0 Å². The van der Waals surface area contributed by atoms with E-state index in [1.54, 1.807) is 29.3 Å². The van der Waals surface area contributed by atoms with Crippen LogP contribution in [0.15, 0.2) is 48.9 Å². The van der Waals surface area contributed by atoms with E-state index in [1.807, 2.05) is 28.9 Å². The second-order valence-corrected chi connectivity index (χ2v) is 9.78. The molecular formula is C23H25Cl2N3O3. The third-order valence-corrected chi connectivity index (χ3v) is 6.54. The lowest BCUT2D eigenvalue weighted by atomic mass is 9.78. The first-order valence-corrected chi connectivity index (χ1v) is 11.0. The van der Waals surface area contributed by atoms with E-state index >= 15 is 0 Å². The van der Waals surface area contributed by atoms with Gasteiger partial charge in [-0.05, 0) is 23.6 Å². The Morgan fingerprint density at radius 2 is 1.97 bits per heavy atom. The Morgan fingerprint density at radius 1 is 1.23 bits per heavy atom. The van der Waals surface area contributed by atoms with Crippen LogP contribution in [0.5, 0.6) is 5.75 Å². The Bertz CT molecular complexity index is 1100. The quantitative estimate of drug-likeness (QED) is 0.482. The van der Waals surface area contributed by atoms with Gasteiger partial charge in [-0.25, -0.2) is 9.78 Å². The fourth-order valence-electron chi connectivity index (χ4n) is 4.31. The topological polar surface area (TPSA) is 67.1 Å². The summed E-state index contributed by atoms with van der Waals surface area (Å²) in [6.07, 6.45) is 5.61. The molecule has 0 aliphatic heterocycles. The van der Waals surface area contributed by atoms with Gasteiger partial charge in [-0.2, -0.15) is 0 Å². The molecule has 0 bridgehead atoms. The average molecular weight is 462 g/mol. The molecule has 1 atom stereocenters. The maximum absolute atomic E-state index is 12.5. The largest absolute Gasteiger partial charge is 0.489 e. The predicted molar refractivity (Wildman–Crippen MR) is 121 cm³/mol. The van der Waals surface area contributed by atoms with E-state index < -0.39 is 6.09 Å². The molecule has 1 fully saturated rings. The van der Waals surface area contributed by atoms with Crippen LogP contribution >= 0.6 is 23.2 Å². The van der Waals surface area contributed by atoms with Crippen molar-refractivity contribution < 1.29 is 14.6 Å². The summed E-state index contributed by atoms with van der Waals surface area (Å²) >= 11 is 12.3. The van der Waals surface area contributed by atoms with Gasteiger partial charge in [0.2, 0.25) is 0 Å². The number of amides is 1. The number of benzene rings is 1. The molecule has 6 nitrogen and oxygen atoms in total. The van der Waals surface area contributed by atoms with Crippen LogP contribution in [-0.4, -0.2) is 37.6 Å². The molecule has 1 aliphatic carbocycles. The monoisotopic (exact) mass is 461 g/mol. The van der Waals surface area contributed by atoms with E-state index in [2.05, 4.69) is 25.8 Å². The molecule has 2 heterocycles. The summed E-state index contributed by atoms with van der Waals surface area (Å²) in [4.78, 5) is 18.5. The molecule has 0 saturated heterocycles. The Kier molecular flexibility index (Phi) is 5.79. The standard InChI is InChI=1S/C23H25Cl2N3O3/c1-23(2,3)20(16-6-5-10-27-11-9-26-21(16)27)28(22(29)30)14-12-15(13-14)31-18-8-4-7-17(24)19(18)25/h4-11,14-15,20H,12-13H2,1-3H3,(H,29,30)/t14-,15-,20?. The molecule has 4 rings (SSSR count). The van der Waals surface area contributed by atoms with Crippen LogP contribution < -0.4 is 4.74 Å². The van der Waals surface area contributed by atoms with E-state index in [0.717, 1.165) is 11.2 Å².